The molecule has 2 aromatic carbocycles. The van der Waals surface area contributed by atoms with Crippen LogP contribution in [0.4, 0.5) is 10.8 Å². The average molecular weight is 443 g/mol. The van der Waals surface area contributed by atoms with Crippen molar-refractivity contribution in [1.29, 1.82) is 0 Å². The Labute approximate surface area is 182 Å². The minimum absolute atomic E-state index is 0.0617. The zero-order chi connectivity index (χ0) is 21.1. The van der Waals surface area contributed by atoms with E-state index in [0.717, 1.165) is 11.3 Å². The van der Waals surface area contributed by atoms with Crippen LogP contribution in [0.3, 0.4) is 0 Å². The molecule has 154 valence electrons. The summed E-state index contributed by atoms with van der Waals surface area (Å²) in [7, 11) is 0. The van der Waals surface area contributed by atoms with Gasteiger partial charge in [-0.15, -0.1) is 10.2 Å². The molecule has 30 heavy (non-hydrogen) atoms. The highest BCUT2D eigenvalue weighted by molar-refractivity contribution is 7.15. The first-order chi connectivity index (χ1) is 14.5. The summed E-state index contributed by atoms with van der Waals surface area (Å²) in [6.45, 7) is 2.57. The van der Waals surface area contributed by atoms with Gasteiger partial charge in [-0.2, -0.15) is 0 Å². The lowest BCUT2D eigenvalue weighted by atomic mass is 10.1. The van der Waals surface area contributed by atoms with Gasteiger partial charge in [0.25, 0.3) is 0 Å². The van der Waals surface area contributed by atoms with Crippen molar-refractivity contribution < 1.29 is 14.3 Å². The van der Waals surface area contributed by atoms with Crippen molar-refractivity contribution in [2.75, 3.05) is 16.8 Å². The second-order valence-electron chi connectivity index (χ2n) is 6.97. The van der Waals surface area contributed by atoms with E-state index in [0.29, 0.717) is 27.5 Å². The van der Waals surface area contributed by atoms with E-state index in [1.54, 1.807) is 29.2 Å². The molecule has 2 amide bonds. The summed E-state index contributed by atoms with van der Waals surface area (Å²) in [5.74, 6) is -0.0649. The van der Waals surface area contributed by atoms with Crippen LogP contribution in [0.5, 0.6) is 5.75 Å². The lowest BCUT2D eigenvalue weighted by Crippen LogP contribution is -2.28. The summed E-state index contributed by atoms with van der Waals surface area (Å²) in [6.07, 6.45) is 0.172. The van der Waals surface area contributed by atoms with Gasteiger partial charge in [0, 0.05) is 23.7 Å². The lowest BCUT2D eigenvalue weighted by molar-refractivity contribution is -0.122. The molecule has 1 N–H and O–H groups in total. The SMILES string of the molecule is Cc1ccc(N2CC(C(=O)Nc3nnc(COc4ccc(Cl)cc4)s3)CC2=O)cc1. The van der Waals surface area contributed by atoms with E-state index in [1.165, 1.54) is 11.3 Å². The highest BCUT2D eigenvalue weighted by Gasteiger charge is 2.35. The number of amides is 2. The number of rotatable bonds is 6. The molecule has 0 aliphatic carbocycles. The Morgan fingerprint density at radius 1 is 1.20 bits per heavy atom. The number of aromatic nitrogens is 2. The summed E-state index contributed by atoms with van der Waals surface area (Å²) >= 11 is 7.09. The second kappa shape index (κ2) is 8.81. The molecule has 1 aliphatic rings. The number of carbonyl (C=O) groups excluding carboxylic acids is 2. The molecular weight excluding hydrogens is 424 g/mol. The fourth-order valence-corrected chi connectivity index (χ4v) is 3.89. The fourth-order valence-electron chi connectivity index (χ4n) is 3.10. The van der Waals surface area contributed by atoms with Crippen molar-refractivity contribution in [2.45, 2.75) is 20.0 Å². The zero-order valence-corrected chi connectivity index (χ0v) is 17.7. The predicted molar refractivity (Wildman–Crippen MR) is 116 cm³/mol. The molecule has 1 fully saturated rings. The average Bonchev–Trinajstić information content (AvgIpc) is 3.35. The van der Waals surface area contributed by atoms with Crippen LogP contribution in [-0.2, 0) is 16.2 Å². The molecule has 1 atom stereocenters. The van der Waals surface area contributed by atoms with Crippen molar-refractivity contribution >= 4 is 45.6 Å². The maximum absolute atomic E-state index is 12.6. The Morgan fingerprint density at radius 2 is 1.93 bits per heavy atom. The summed E-state index contributed by atoms with van der Waals surface area (Å²) in [6, 6.07) is 14.7. The number of aryl methyl sites for hydroxylation is 1. The van der Waals surface area contributed by atoms with Crippen LogP contribution in [0.15, 0.2) is 48.5 Å². The Balaban J connectivity index is 1.32. The summed E-state index contributed by atoms with van der Waals surface area (Å²) in [4.78, 5) is 26.6. The smallest absolute Gasteiger partial charge is 0.231 e. The molecule has 4 rings (SSSR count). The molecule has 1 unspecified atom stereocenters. The molecule has 0 saturated carbocycles. The van der Waals surface area contributed by atoms with E-state index < -0.39 is 5.92 Å². The summed E-state index contributed by atoms with van der Waals surface area (Å²) in [5, 5.41) is 12.4. The van der Waals surface area contributed by atoms with Gasteiger partial charge in [0.2, 0.25) is 16.9 Å². The summed E-state index contributed by atoms with van der Waals surface area (Å²) < 4.78 is 5.64. The van der Waals surface area contributed by atoms with Crippen molar-refractivity contribution in [2.24, 2.45) is 5.92 Å². The van der Waals surface area contributed by atoms with Gasteiger partial charge in [0.1, 0.15) is 12.4 Å². The Morgan fingerprint density at radius 3 is 2.67 bits per heavy atom. The van der Waals surface area contributed by atoms with E-state index in [4.69, 9.17) is 16.3 Å². The van der Waals surface area contributed by atoms with E-state index in [2.05, 4.69) is 15.5 Å². The topological polar surface area (TPSA) is 84.4 Å². The highest BCUT2D eigenvalue weighted by atomic mass is 35.5. The third kappa shape index (κ3) is 4.77. The molecule has 0 radical (unpaired) electrons. The van der Waals surface area contributed by atoms with Crippen molar-refractivity contribution in [1.82, 2.24) is 10.2 Å². The molecule has 1 aromatic heterocycles. The van der Waals surface area contributed by atoms with E-state index in [-0.39, 0.29) is 24.8 Å². The third-order valence-electron chi connectivity index (χ3n) is 4.71. The van der Waals surface area contributed by atoms with Crippen molar-refractivity contribution in [3.05, 3.63) is 64.1 Å². The zero-order valence-electron chi connectivity index (χ0n) is 16.2. The van der Waals surface area contributed by atoms with Gasteiger partial charge in [0.15, 0.2) is 5.01 Å². The molecule has 0 spiro atoms. The number of hydrogen-bond acceptors (Lipinski definition) is 6. The predicted octanol–water partition coefficient (Wildman–Crippen LogP) is 4.07. The normalized spacial score (nSPS) is 16.0. The number of nitrogens with zero attached hydrogens (tertiary/aromatic N) is 3. The quantitative estimate of drug-likeness (QED) is 0.622. The van der Waals surface area contributed by atoms with Crippen LogP contribution >= 0.6 is 22.9 Å². The van der Waals surface area contributed by atoms with Gasteiger partial charge in [-0.05, 0) is 43.3 Å². The van der Waals surface area contributed by atoms with Gasteiger partial charge < -0.3 is 15.0 Å². The van der Waals surface area contributed by atoms with Crippen LogP contribution in [0, 0.1) is 12.8 Å². The number of nitrogens with one attached hydrogen (secondary N) is 1. The maximum Gasteiger partial charge on any atom is 0.231 e. The van der Waals surface area contributed by atoms with Crippen LogP contribution in [0.1, 0.15) is 17.0 Å². The molecular formula is C21H19ClN4O3S. The van der Waals surface area contributed by atoms with Gasteiger partial charge in [-0.1, -0.05) is 40.6 Å². The first kappa shape index (κ1) is 20.3. The third-order valence-corrected chi connectivity index (χ3v) is 5.78. The van der Waals surface area contributed by atoms with Crippen LogP contribution in [-0.4, -0.2) is 28.6 Å². The van der Waals surface area contributed by atoms with Crippen molar-refractivity contribution in [3.63, 3.8) is 0 Å². The number of hydrogen-bond donors (Lipinski definition) is 1. The van der Waals surface area contributed by atoms with Crippen LogP contribution < -0.4 is 15.0 Å². The minimum Gasteiger partial charge on any atom is -0.486 e. The second-order valence-corrected chi connectivity index (χ2v) is 8.47. The van der Waals surface area contributed by atoms with Crippen LogP contribution in [0.25, 0.3) is 0 Å². The fraction of sp³-hybridized carbons (Fsp3) is 0.238. The van der Waals surface area contributed by atoms with Gasteiger partial charge in [-0.3, -0.25) is 9.59 Å². The van der Waals surface area contributed by atoms with Gasteiger partial charge in [-0.25, -0.2) is 0 Å². The van der Waals surface area contributed by atoms with E-state index >= 15 is 0 Å². The molecule has 7 nitrogen and oxygen atoms in total. The van der Waals surface area contributed by atoms with E-state index in [1.807, 2.05) is 31.2 Å². The van der Waals surface area contributed by atoms with Crippen LogP contribution in [0.2, 0.25) is 5.02 Å². The molecule has 1 aliphatic heterocycles. The van der Waals surface area contributed by atoms with Gasteiger partial charge >= 0.3 is 0 Å². The Hall–Kier alpha value is -2.97. The molecule has 1 saturated heterocycles. The molecule has 0 bridgehead atoms. The summed E-state index contributed by atoms with van der Waals surface area (Å²) in [5.41, 5.74) is 1.92. The Bertz CT molecular complexity index is 1050. The number of carbonyl (C=O) groups is 2. The monoisotopic (exact) mass is 442 g/mol. The van der Waals surface area contributed by atoms with E-state index in [9.17, 15) is 9.59 Å². The Kier molecular flexibility index (Phi) is 5.96. The number of anilines is 2. The number of benzene rings is 2. The van der Waals surface area contributed by atoms with Crippen molar-refractivity contribution in [3.8, 4) is 5.75 Å². The first-order valence-corrected chi connectivity index (χ1v) is 10.6. The molecule has 2 heterocycles. The largest absolute Gasteiger partial charge is 0.486 e. The minimum atomic E-state index is -0.434. The molecule has 9 heteroatoms. The number of ether oxygens (including phenoxy) is 1. The van der Waals surface area contributed by atoms with Gasteiger partial charge in [0.05, 0.1) is 5.92 Å². The lowest BCUT2D eigenvalue weighted by Gasteiger charge is -2.16. The highest BCUT2D eigenvalue weighted by Crippen LogP contribution is 2.27. The standard InChI is InChI=1S/C21H19ClN4O3S/c1-13-2-6-16(7-3-13)26-11-14(10-19(26)27)20(28)23-21-25-24-18(30-21)12-29-17-8-4-15(22)5-9-17/h2-9,14H,10-12H2,1H3,(H,23,25,28). The molecule has 3 aromatic rings. The first-order valence-electron chi connectivity index (χ1n) is 9.36. The maximum atomic E-state index is 12.6. The number of halogens is 1.